The Morgan fingerprint density at radius 3 is 2.67 bits per heavy atom. The number of ether oxygens (including phenoxy) is 1. The van der Waals surface area contributed by atoms with Gasteiger partial charge in [-0.25, -0.2) is 0 Å². The lowest BCUT2D eigenvalue weighted by atomic mass is 9.50. The van der Waals surface area contributed by atoms with Crippen LogP contribution in [-0.4, -0.2) is 23.4 Å². The highest BCUT2D eigenvalue weighted by atomic mass is 16.5. The second-order valence-electron chi connectivity index (χ2n) is 5.90. The van der Waals surface area contributed by atoms with E-state index in [2.05, 4.69) is 6.92 Å². The highest BCUT2D eigenvalue weighted by molar-refractivity contribution is 5.12. The second-order valence-corrected chi connectivity index (χ2v) is 5.90. The molecule has 2 aliphatic carbocycles. The van der Waals surface area contributed by atoms with Crippen molar-refractivity contribution in [3.63, 3.8) is 0 Å². The summed E-state index contributed by atoms with van der Waals surface area (Å²) >= 11 is 0. The fourth-order valence-corrected chi connectivity index (χ4v) is 4.53. The van der Waals surface area contributed by atoms with Crippen LogP contribution in [0.2, 0.25) is 0 Å². The standard InChI is InChI=1S/C13H22O2/c1-10-9-15-11-5-4-7-12(10)6-2-3-8-13(11,12)14/h10-11,14H,2-9H2,1H3/t10-,11+,12-,13?/m1/s1. The number of hydrogen-bond donors (Lipinski definition) is 1. The molecule has 2 bridgehead atoms. The van der Waals surface area contributed by atoms with Gasteiger partial charge in [0.25, 0.3) is 0 Å². The van der Waals surface area contributed by atoms with Gasteiger partial charge in [-0.1, -0.05) is 26.2 Å². The van der Waals surface area contributed by atoms with Crippen LogP contribution in [0.3, 0.4) is 0 Å². The summed E-state index contributed by atoms with van der Waals surface area (Å²) in [6, 6.07) is 0. The average molecular weight is 210 g/mol. The number of aliphatic hydroxyl groups is 1. The Labute approximate surface area is 92.0 Å². The van der Waals surface area contributed by atoms with Crippen molar-refractivity contribution in [2.45, 2.75) is 63.6 Å². The maximum atomic E-state index is 11.0. The van der Waals surface area contributed by atoms with Crippen LogP contribution in [0, 0.1) is 11.3 Å². The van der Waals surface area contributed by atoms with Crippen molar-refractivity contribution >= 4 is 0 Å². The molecule has 86 valence electrons. The molecule has 1 aliphatic heterocycles. The molecule has 0 spiro atoms. The molecule has 1 saturated heterocycles. The van der Waals surface area contributed by atoms with Gasteiger partial charge in [0.15, 0.2) is 0 Å². The van der Waals surface area contributed by atoms with Gasteiger partial charge in [-0.05, 0) is 31.6 Å². The lowest BCUT2D eigenvalue weighted by Crippen LogP contribution is -2.67. The van der Waals surface area contributed by atoms with E-state index in [0.29, 0.717) is 5.92 Å². The van der Waals surface area contributed by atoms with Gasteiger partial charge in [0.05, 0.1) is 18.3 Å². The van der Waals surface area contributed by atoms with E-state index in [9.17, 15) is 5.11 Å². The van der Waals surface area contributed by atoms with E-state index in [1.807, 2.05) is 0 Å². The summed E-state index contributed by atoms with van der Waals surface area (Å²) in [6.45, 7) is 3.14. The largest absolute Gasteiger partial charge is 0.387 e. The Morgan fingerprint density at radius 2 is 1.87 bits per heavy atom. The topological polar surface area (TPSA) is 29.5 Å². The lowest BCUT2D eigenvalue weighted by Gasteiger charge is -2.62. The summed E-state index contributed by atoms with van der Waals surface area (Å²) in [5.41, 5.74) is -0.284. The first-order chi connectivity index (χ1) is 7.19. The zero-order valence-corrected chi connectivity index (χ0v) is 9.67. The van der Waals surface area contributed by atoms with Crippen molar-refractivity contribution in [3.8, 4) is 0 Å². The molecule has 0 radical (unpaired) electrons. The van der Waals surface area contributed by atoms with Crippen LogP contribution in [0.1, 0.15) is 51.9 Å². The van der Waals surface area contributed by atoms with Crippen molar-refractivity contribution in [2.24, 2.45) is 11.3 Å². The SMILES string of the molecule is C[C@@H]1CO[C@H]2CCC[C@]13CCCCC23O. The van der Waals surface area contributed by atoms with Gasteiger partial charge in [-0.2, -0.15) is 0 Å². The van der Waals surface area contributed by atoms with E-state index < -0.39 is 5.60 Å². The maximum absolute atomic E-state index is 11.0. The zero-order valence-electron chi connectivity index (χ0n) is 9.67. The van der Waals surface area contributed by atoms with E-state index in [1.165, 1.54) is 32.1 Å². The van der Waals surface area contributed by atoms with Crippen molar-refractivity contribution in [2.75, 3.05) is 6.61 Å². The molecule has 1 N–H and O–H groups in total. The van der Waals surface area contributed by atoms with Gasteiger partial charge in [0.2, 0.25) is 0 Å². The Morgan fingerprint density at radius 1 is 1.13 bits per heavy atom. The van der Waals surface area contributed by atoms with Gasteiger partial charge >= 0.3 is 0 Å². The van der Waals surface area contributed by atoms with E-state index in [4.69, 9.17) is 4.74 Å². The molecule has 3 fully saturated rings. The molecule has 2 heteroatoms. The highest BCUT2D eigenvalue weighted by Gasteiger charge is 2.62. The predicted molar refractivity (Wildman–Crippen MR) is 58.6 cm³/mol. The summed E-state index contributed by atoms with van der Waals surface area (Å²) in [6.07, 6.45) is 8.38. The Kier molecular flexibility index (Phi) is 2.16. The minimum atomic E-state index is -0.485. The van der Waals surface area contributed by atoms with Crippen molar-refractivity contribution < 1.29 is 9.84 Å². The molecule has 0 aromatic heterocycles. The summed E-state index contributed by atoms with van der Waals surface area (Å²) in [4.78, 5) is 0. The molecule has 15 heavy (non-hydrogen) atoms. The normalized spacial score (nSPS) is 54.8. The summed E-state index contributed by atoms with van der Waals surface area (Å²) < 4.78 is 5.88. The van der Waals surface area contributed by atoms with Crippen molar-refractivity contribution in [1.82, 2.24) is 0 Å². The summed E-state index contributed by atoms with van der Waals surface area (Å²) in [5.74, 6) is 0.541. The number of rotatable bonds is 0. The van der Waals surface area contributed by atoms with Crippen LogP contribution in [0.4, 0.5) is 0 Å². The van der Waals surface area contributed by atoms with E-state index >= 15 is 0 Å². The molecule has 0 aromatic rings. The van der Waals surface area contributed by atoms with Crippen LogP contribution >= 0.6 is 0 Å². The van der Waals surface area contributed by atoms with Gasteiger partial charge in [0.1, 0.15) is 0 Å². The predicted octanol–water partition coefficient (Wildman–Crippen LogP) is 2.50. The number of hydrogen-bond acceptors (Lipinski definition) is 2. The summed E-state index contributed by atoms with van der Waals surface area (Å²) in [7, 11) is 0. The van der Waals surface area contributed by atoms with Crippen molar-refractivity contribution in [1.29, 1.82) is 0 Å². The molecule has 1 heterocycles. The average Bonchev–Trinajstić information content (AvgIpc) is 2.23. The lowest BCUT2D eigenvalue weighted by molar-refractivity contribution is -0.279. The van der Waals surface area contributed by atoms with Gasteiger partial charge < -0.3 is 9.84 Å². The van der Waals surface area contributed by atoms with Crippen LogP contribution in [0.5, 0.6) is 0 Å². The molecular weight excluding hydrogens is 188 g/mol. The third-order valence-corrected chi connectivity index (χ3v) is 5.41. The zero-order chi connectivity index (χ0) is 10.5. The van der Waals surface area contributed by atoms with E-state index in [-0.39, 0.29) is 11.5 Å². The smallest absolute Gasteiger partial charge is 0.0967 e. The first-order valence-electron chi connectivity index (χ1n) is 6.53. The first-order valence-corrected chi connectivity index (χ1v) is 6.53. The quantitative estimate of drug-likeness (QED) is 0.665. The molecule has 1 unspecified atom stereocenters. The minimum Gasteiger partial charge on any atom is -0.387 e. The monoisotopic (exact) mass is 210 g/mol. The second kappa shape index (κ2) is 3.21. The van der Waals surface area contributed by atoms with Crippen molar-refractivity contribution in [3.05, 3.63) is 0 Å². The Bertz CT molecular complexity index is 261. The maximum Gasteiger partial charge on any atom is 0.0967 e. The molecule has 0 amide bonds. The van der Waals surface area contributed by atoms with Gasteiger partial charge in [-0.15, -0.1) is 0 Å². The summed E-state index contributed by atoms with van der Waals surface area (Å²) in [5, 5.41) is 11.0. The third-order valence-electron chi connectivity index (χ3n) is 5.41. The molecule has 2 saturated carbocycles. The van der Waals surface area contributed by atoms with Crippen LogP contribution < -0.4 is 0 Å². The minimum absolute atomic E-state index is 0.141. The molecule has 4 atom stereocenters. The van der Waals surface area contributed by atoms with Crippen LogP contribution in [0.25, 0.3) is 0 Å². The van der Waals surface area contributed by atoms with E-state index in [1.54, 1.807) is 0 Å². The molecule has 3 rings (SSSR count). The third kappa shape index (κ3) is 1.13. The molecule has 2 nitrogen and oxygen atoms in total. The molecular formula is C13H22O2. The van der Waals surface area contributed by atoms with Crippen LogP contribution in [0.15, 0.2) is 0 Å². The van der Waals surface area contributed by atoms with Crippen LogP contribution in [-0.2, 0) is 4.74 Å². The van der Waals surface area contributed by atoms with Gasteiger partial charge in [0, 0.05) is 5.41 Å². The van der Waals surface area contributed by atoms with E-state index in [0.717, 1.165) is 19.4 Å². The van der Waals surface area contributed by atoms with Gasteiger partial charge in [-0.3, -0.25) is 0 Å². The molecule has 0 aromatic carbocycles. The molecule has 3 aliphatic rings. The Balaban J connectivity index is 2.03. The first kappa shape index (κ1) is 10.1. The Hall–Kier alpha value is -0.0800. The fourth-order valence-electron chi connectivity index (χ4n) is 4.53. The fraction of sp³-hybridized carbons (Fsp3) is 1.00. The highest BCUT2D eigenvalue weighted by Crippen LogP contribution is 2.60.